The summed E-state index contributed by atoms with van der Waals surface area (Å²) in [6, 6.07) is 12.2. The molecule has 0 radical (unpaired) electrons. The average Bonchev–Trinajstić information content (AvgIpc) is 3.18. The molecule has 0 fully saturated rings. The zero-order valence-corrected chi connectivity index (χ0v) is 17.0. The van der Waals surface area contributed by atoms with Crippen LogP contribution in [0.5, 0.6) is 5.75 Å². The number of halogens is 1. The lowest BCUT2D eigenvalue weighted by Gasteiger charge is -2.33. The third-order valence-corrected chi connectivity index (χ3v) is 4.76. The molecule has 2 aromatic carbocycles. The van der Waals surface area contributed by atoms with Crippen LogP contribution in [0.4, 0.5) is 5.69 Å². The van der Waals surface area contributed by atoms with Gasteiger partial charge in [0, 0.05) is 10.6 Å². The van der Waals surface area contributed by atoms with Gasteiger partial charge in [0.05, 0.1) is 23.8 Å². The molecule has 0 amide bonds. The maximum Gasteiger partial charge on any atom is 0.337 e. The van der Waals surface area contributed by atoms with Crippen LogP contribution in [0.15, 0.2) is 59.4 Å². The molecule has 0 saturated carbocycles. The zero-order chi connectivity index (χ0) is 21.2. The van der Waals surface area contributed by atoms with Crippen molar-refractivity contribution in [3.63, 3.8) is 0 Å². The lowest BCUT2D eigenvalue weighted by atomic mass is 10.0. The summed E-state index contributed by atoms with van der Waals surface area (Å²) in [7, 11) is 0. The molecule has 0 spiro atoms. The first-order chi connectivity index (χ1) is 13.7. The Labute approximate surface area is 173 Å². The number of hydrogen-bond acceptors (Lipinski definition) is 5. The average molecular weight is 416 g/mol. The number of rotatable bonds is 7. The van der Waals surface area contributed by atoms with Gasteiger partial charge in [-0.25, -0.2) is 4.79 Å². The molecule has 6 nitrogen and oxygen atoms in total. The van der Waals surface area contributed by atoms with Gasteiger partial charge in [0.1, 0.15) is 11.4 Å². The fourth-order valence-corrected chi connectivity index (χ4v) is 3.21. The van der Waals surface area contributed by atoms with Crippen molar-refractivity contribution in [3.8, 4) is 16.9 Å². The minimum absolute atomic E-state index is 0.0215. The Morgan fingerprint density at radius 3 is 2.62 bits per heavy atom. The molecule has 0 bridgehead atoms. The maximum absolute atomic E-state index is 11.6. The molecule has 29 heavy (non-hydrogen) atoms. The summed E-state index contributed by atoms with van der Waals surface area (Å²) in [5, 5.41) is 23.4. The van der Waals surface area contributed by atoms with E-state index in [0.29, 0.717) is 22.0 Å². The number of carbonyl (C=O) groups is 1. The van der Waals surface area contributed by atoms with E-state index in [1.165, 1.54) is 6.07 Å². The number of aromatic carboxylic acids is 1. The summed E-state index contributed by atoms with van der Waals surface area (Å²) in [6.07, 6.45) is 2.03. The number of benzene rings is 2. The molecule has 1 atom stereocenters. The van der Waals surface area contributed by atoms with Crippen LogP contribution >= 0.6 is 11.6 Å². The largest absolute Gasteiger partial charge is 0.483 e. The van der Waals surface area contributed by atoms with Gasteiger partial charge in [0.25, 0.3) is 0 Å². The van der Waals surface area contributed by atoms with E-state index in [-0.39, 0.29) is 5.56 Å². The van der Waals surface area contributed by atoms with Gasteiger partial charge in [-0.3, -0.25) is 0 Å². The zero-order valence-electron chi connectivity index (χ0n) is 16.3. The van der Waals surface area contributed by atoms with E-state index in [1.54, 1.807) is 45.4 Å². The van der Waals surface area contributed by atoms with E-state index >= 15 is 0 Å². The number of ether oxygens (including phenoxy) is 1. The standard InChI is InChI=1S/C22H22ClNO5/c1-13-9-16(23)11-18(20(25)26)19(13)24-21(27)22(2,3)29-17-6-4-5-14(10-17)15-7-8-28-12-15/h4-12,21,24,27H,1-3H3,(H,25,26). The monoisotopic (exact) mass is 415 g/mol. The van der Waals surface area contributed by atoms with E-state index in [1.807, 2.05) is 24.3 Å². The second kappa shape index (κ2) is 8.19. The molecule has 1 unspecified atom stereocenters. The molecular formula is C22H22ClNO5. The molecule has 3 N–H and O–H groups in total. The van der Waals surface area contributed by atoms with Crippen molar-refractivity contribution >= 4 is 23.3 Å². The van der Waals surface area contributed by atoms with Crippen LogP contribution in [0.3, 0.4) is 0 Å². The van der Waals surface area contributed by atoms with Gasteiger partial charge in [-0.2, -0.15) is 0 Å². The van der Waals surface area contributed by atoms with Crippen molar-refractivity contribution in [2.24, 2.45) is 0 Å². The van der Waals surface area contributed by atoms with Crippen molar-refractivity contribution in [1.82, 2.24) is 0 Å². The Kier molecular flexibility index (Phi) is 5.86. The minimum Gasteiger partial charge on any atom is -0.483 e. The number of aliphatic hydroxyl groups is 1. The SMILES string of the molecule is Cc1cc(Cl)cc(C(=O)O)c1NC(O)C(C)(C)Oc1cccc(-c2ccoc2)c1. The topological polar surface area (TPSA) is 91.9 Å². The molecule has 0 saturated heterocycles. The van der Waals surface area contributed by atoms with Gasteiger partial charge in [0.15, 0.2) is 6.23 Å². The number of aryl methyl sites for hydroxylation is 1. The van der Waals surface area contributed by atoms with Crippen LogP contribution in [0, 0.1) is 6.92 Å². The minimum atomic E-state index is -1.20. The van der Waals surface area contributed by atoms with Crippen LogP contribution in [-0.4, -0.2) is 28.0 Å². The predicted octanol–water partition coefficient (Wildman–Crippen LogP) is 5.19. The lowest BCUT2D eigenvalue weighted by molar-refractivity contribution is -0.0124. The molecule has 3 rings (SSSR count). The summed E-state index contributed by atoms with van der Waals surface area (Å²) in [5.41, 5.74) is 1.62. The Balaban J connectivity index is 1.82. The molecule has 152 valence electrons. The number of hydrogen-bond donors (Lipinski definition) is 3. The first-order valence-corrected chi connectivity index (χ1v) is 9.35. The summed E-state index contributed by atoms with van der Waals surface area (Å²) in [5.74, 6) is -0.585. The van der Waals surface area contributed by atoms with E-state index < -0.39 is 17.8 Å². The van der Waals surface area contributed by atoms with E-state index in [0.717, 1.165) is 11.1 Å². The van der Waals surface area contributed by atoms with Crippen molar-refractivity contribution in [2.45, 2.75) is 32.6 Å². The number of carboxylic acids is 1. The molecule has 1 heterocycles. The molecule has 7 heteroatoms. The Hall–Kier alpha value is -2.96. The second-order valence-electron chi connectivity index (χ2n) is 7.24. The quantitative estimate of drug-likeness (QED) is 0.459. The Morgan fingerprint density at radius 1 is 1.21 bits per heavy atom. The highest BCUT2D eigenvalue weighted by atomic mass is 35.5. The maximum atomic E-state index is 11.6. The Morgan fingerprint density at radius 2 is 1.97 bits per heavy atom. The smallest absolute Gasteiger partial charge is 0.337 e. The number of anilines is 1. The second-order valence-corrected chi connectivity index (χ2v) is 7.68. The van der Waals surface area contributed by atoms with Crippen molar-refractivity contribution < 1.29 is 24.2 Å². The number of aliphatic hydroxyl groups excluding tert-OH is 1. The van der Waals surface area contributed by atoms with Crippen LogP contribution in [0.1, 0.15) is 29.8 Å². The van der Waals surface area contributed by atoms with Crippen LogP contribution in [0.25, 0.3) is 11.1 Å². The molecule has 0 aliphatic rings. The molecular weight excluding hydrogens is 394 g/mol. The van der Waals surface area contributed by atoms with E-state index in [4.69, 9.17) is 20.8 Å². The van der Waals surface area contributed by atoms with Crippen molar-refractivity contribution in [2.75, 3.05) is 5.32 Å². The molecule has 0 aliphatic heterocycles. The lowest BCUT2D eigenvalue weighted by Crippen LogP contribution is -2.47. The molecule has 1 aromatic heterocycles. The van der Waals surface area contributed by atoms with E-state index in [9.17, 15) is 15.0 Å². The first-order valence-electron chi connectivity index (χ1n) is 8.97. The normalized spacial score (nSPS) is 12.4. The van der Waals surface area contributed by atoms with Crippen molar-refractivity contribution in [1.29, 1.82) is 0 Å². The molecule has 0 aliphatic carbocycles. The van der Waals surface area contributed by atoms with Crippen LogP contribution in [-0.2, 0) is 0 Å². The first kappa shape index (κ1) is 20.8. The van der Waals surface area contributed by atoms with Crippen LogP contribution in [0.2, 0.25) is 5.02 Å². The highest BCUT2D eigenvalue weighted by molar-refractivity contribution is 6.31. The third-order valence-electron chi connectivity index (χ3n) is 4.54. The fourth-order valence-electron chi connectivity index (χ4n) is 2.94. The van der Waals surface area contributed by atoms with Gasteiger partial charge in [-0.05, 0) is 62.2 Å². The van der Waals surface area contributed by atoms with Gasteiger partial charge in [0.2, 0.25) is 0 Å². The summed E-state index contributed by atoms with van der Waals surface area (Å²) >= 11 is 5.97. The van der Waals surface area contributed by atoms with Gasteiger partial charge in [-0.1, -0.05) is 23.7 Å². The fraction of sp³-hybridized carbons (Fsp3) is 0.227. The number of furan rings is 1. The highest BCUT2D eigenvalue weighted by Gasteiger charge is 2.32. The summed E-state index contributed by atoms with van der Waals surface area (Å²) in [6.45, 7) is 5.14. The van der Waals surface area contributed by atoms with Crippen LogP contribution < -0.4 is 10.1 Å². The highest BCUT2D eigenvalue weighted by Crippen LogP contribution is 2.30. The van der Waals surface area contributed by atoms with Gasteiger partial charge < -0.3 is 24.7 Å². The van der Waals surface area contributed by atoms with Crippen molar-refractivity contribution in [3.05, 3.63) is 71.1 Å². The summed E-state index contributed by atoms with van der Waals surface area (Å²) in [4.78, 5) is 11.6. The summed E-state index contributed by atoms with van der Waals surface area (Å²) < 4.78 is 11.1. The number of nitrogens with one attached hydrogen (secondary N) is 1. The van der Waals surface area contributed by atoms with Gasteiger partial charge >= 0.3 is 5.97 Å². The third kappa shape index (κ3) is 4.72. The number of carboxylic acid groups (broad SMARTS) is 1. The predicted molar refractivity (Wildman–Crippen MR) is 112 cm³/mol. The molecule has 3 aromatic rings. The Bertz CT molecular complexity index is 1010. The van der Waals surface area contributed by atoms with Gasteiger partial charge in [-0.15, -0.1) is 0 Å². The van der Waals surface area contributed by atoms with E-state index in [2.05, 4.69) is 5.32 Å².